The van der Waals surface area contributed by atoms with E-state index in [1.54, 1.807) is 57.2 Å². The number of likely N-dealkylation sites (N-methyl/N-ethyl adjacent to an activating group) is 2. The number of nitrogens with zero attached hydrogens (tertiary/aromatic N) is 4. The van der Waals surface area contributed by atoms with Gasteiger partial charge in [0.1, 0.15) is 35.4 Å². The van der Waals surface area contributed by atoms with Crippen LogP contribution in [0.5, 0.6) is 0 Å². The minimum Gasteiger partial charge on any atom is -0.481 e. The number of rotatable bonds is 32. The fourth-order valence-corrected chi connectivity index (χ4v) is 11.8. The van der Waals surface area contributed by atoms with Gasteiger partial charge >= 0.3 is 11.9 Å². The van der Waals surface area contributed by atoms with Crippen LogP contribution >= 0.6 is 11.3 Å². The Morgan fingerprint density at radius 2 is 1.47 bits per heavy atom. The molecule has 3 unspecified atom stereocenters. The van der Waals surface area contributed by atoms with E-state index in [1.807, 2.05) is 77.2 Å². The number of nitrogens with one attached hydrogen (secondary N) is 5. The highest BCUT2D eigenvalue weighted by molar-refractivity contribution is 7.09. The van der Waals surface area contributed by atoms with Gasteiger partial charge in [-0.2, -0.15) is 0 Å². The number of likely N-dealkylation sites (tertiary alicyclic amines) is 1. The lowest BCUT2D eigenvalue weighted by Crippen LogP contribution is -2.63. The van der Waals surface area contributed by atoms with Crippen LogP contribution in [0.15, 0.2) is 72.1 Å². The number of quaternary nitrogens is 1. The van der Waals surface area contributed by atoms with Crippen LogP contribution < -0.4 is 26.6 Å². The molecule has 21 nitrogen and oxygen atoms in total. The van der Waals surface area contributed by atoms with Crippen LogP contribution in [0.4, 0.5) is 5.69 Å². The smallest absolute Gasteiger partial charge is 0.306 e. The molecule has 5 rings (SSSR count). The van der Waals surface area contributed by atoms with Gasteiger partial charge in [0.2, 0.25) is 23.6 Å². The molecule has 0 spiro atoms. The molecule has 8 amide bonds. The molecule has 6 N–H and O–H groups in total. The van der Waals surface area contributed by atoms with Crippen LogP contribution in [0.25, 0.3) is 0 Å². The Labute approximate surface area is 504 Å². The van der Waals surface area contributed by atoms with Gasteiger partial charge < -0.3 is 45.8 Å². The van der Waals surface area contributed by atoms with Gasteiger partial charge in [-0.3, -0.25) is 52.8 Å². The number of amides is 8. The lowest BCUT2D eigenvalue weighted by Gasteiger charge is -2.44. The summed E-state index contributed by atoms with van der Waals surface area (Å²) in [7, 11) is 3.74. The third-order valence-electron chi connectivity index (χ3n) is 16.3. The zero-order valence-corrected chi connectivity index (χ0v) is 52.1. The lowest BCUT2D eigenvalue weighted by molar-refractivity contribution is -0.942. The summed E-state index contributed by atoms with van der Waals surface area (Å²) in [4.78, 5) is 138. The number of carboxylic acid groups (broad SMARTS) is 1. The van der Waals surface area contributed by atoms with Crippen molar-refractivity contribution in [3.05, 3.63) is 94.0 Å². The third-order valence-corrected chi connectivity index (χ3v) is 17.3. The average Bonchev–Trinajstić information content (AvgIpc) is 4.14. The summed E-state index contributed by atoms with van der Waals surface area (Å²) in [5.41, 5.74) is 2.44. The third kappa shape index (κ3) is 20.1. The summed E-state index contributed by atoms with van der Waals surface area (Å²) >= 11 is 1.15. The largest absolute Gasteiger partial charge is 0.481 e. The molecule has 2 aromatic carbocycles. The van der Waals surface area contributed by atoms with Crippen LogP contribution in [0.2, 0.25) is 0 Å². The number of unbranched alkanes of at least 4 members (excludes halogenated alkanes) is 2. The maximum Gasteiger partial charge on any atom is 0.306 e. The molecule has 1 aromatic heterocycles. The standard InChI is InChI=1S/C63H89N9O12S/c1-12-40(6)56(62(81)70(10)49(38(2)3)35-51(84-43(9)73)61-67-48(37-85-61)58(78)66-47(33-41(7)63(82)83)34-44-21-15-13-16-22-44)69-59(79)50-23-18-20-32-72(50,11)36-45-25-27-46(28-26-45)65-57(77)42(8)64-60(80)55(39(4)5)68-52(74)24-17-14-19-31-71-53(75)29-30-54(71)76/h13,15-16,21-22,25-30,37-42,47,49-51,55-56H,12,14,17-20,23-24,31-36H2,1-11H3,(H5-,64,65,66,68,69,74,77,78,79,80,82,83)/p+1/t40-,41-,42?,47+,49+,50+,51+,55?,56-,72?/m0/s1. The number of carbonyl (C=O) groups excluding carboxylic acids is 9. The van der Waals surface area contributed by atoms with Crippen molar-refractivity contribution in [3.63, 3.8) is 0 Å². The highest BCUT2D eigenvalue weighted by Crippen LogP contribution is 2.32. The average molecular weight is 1200 g/mol. The second-order valence-electron chi connectivity index (χ2n) is 23.9. The fraction of sp³-hybridized carbons (Fsp3) is 0.571. The monoisotopic (exact) mass is 1200 g/mol. The zero-order valence-electron chi connectivity index (χ0n) is 51.3. The van der Waals surface area contributed by atoms with E-state index in [0.717, 1.165) is 40.2 Å². The Hall–Kier alpha value is -7.33. The summed E-state index contributed by atoms with van der Waals surface area (Å²) in [5.74, 6) is -5.94. The molecule has 22 heteroatoms. The van der Waals surface area contributed by atoms with E-state index in [9.17, 15) is 53.1 Å². The molecule has 3 heterocycles. The molecule has 464 valence electrons. The fourth-order valence-electron chi connectivity index (χ4n) is 11.0. The number of aliphatic carboxylic acids is 1. The van der Waals surface area contributed by atoms with E-state index < -0.39 is 77.9 Å². The zero-order chi connectivity index (χ0) is 62.7. The quantitative estimate of drug-likeness (QED) is 0.0161. The number of hydrogen-bond donors (Lipinski definition) is 6. The van der Waals surface area contributed by atoms with Gasteiger partial charge in [0.25, 0.3) is 23.6 Å². The molecule has 2 aliphatic rings. The van der Waals surface area contributed by atoms with E-state index in [0.29, 0.717) is 66.8 Å². The van der Waals surface area contributed by atoms with Crippen molar-refractivity contribution in [2.24, 2.45) is 23.7 Å². The highest BCUT2D eigenvalue weighted by atomic mass is 32.1. The summed E-state index contributed by atoms with van der Waals surface area (Å²) in [6.07, 6.45) is 7.02. The lowest BCUT2D eigenvalue weighted by atomic mass is 9.92. The number of imide groups is 1. The summed E-state index contributed by atoms with van der Waals surface area (Å²) < 4.78 is 6.25. The highest BCUT2D eigenvalue weighted by Gasteiger charge is 2.44. The number of piperidine rings is 1. The van der Waals surface area contributed by atoms with Crippen molar-refractivity contribution in [1.29, 1.82) is 0 Å². The van der Waals surface area contributed by atoms with Crippen molar-refractivity contribution in [3.8, 4) is 0 Å². The number of hydrogen-bond acceptors (Lipinski definition) is 13. The molecular formula is C63H90N9O12S+. The second-order valence-corrected chi connectivity index (χ2v) is 24.8. The number of ether oxygens (including phenoxy) is 1. The van der Waals surface area contributed by atoms with Crippen LogP contribution in [-0.4, -0.2) is 147 Å². The van der Waals surface area contributed by atoms with E-state index >= 15 is 0 Å². The Balaban J connectivity index is 1.19. The van der Waals surface area contributed by atoms with Crippen LogP contribution in [0, 0.1) is 23.7 Å². The molecule has 85 heavy (non-hydrogen) atoms. The molecule has 1 fully saturated rings. The summed E-state index contributed by atoms with van der Waals surface area (Å²) in [6.45, 7) is 17.3. The Bertz CT molecular complexity index is 2820. The predicted octanol–water partition coefficient (Wildman–Crippen LogP) is 6.87. The van der Waals surface area contributed by atoms with Crippen molar-refractivity contribution >= 4 is 76.2 Å². The number of benzene rings is 2. The molecule has 1 saturated heterocycles. The number of carbonyl (C=O) groups is 10. The first kappa shape index (κ1) is 68.5. The van der Waals surface area contributed by atoms with Gasteiger partial charge in [-0.25, -0.2) is 4.98 Å². The van der Waals surface area contributed by atoms with Gasteiger partial charge in [0.15, 0.2) is 12.1 Å². The SMILES string of the molecule is CC[C@H](C)[C@H](NC(=O)[C@H]1CCCC[N+]1(C)Cc1ccc(NC(=O)C(C)NC(=O)C(NC(=O)CCCCCN2C(=O)C=CC2=O)C(C)C)cc1)C(=O)N(C)[C@H](C[C@@H](OC(C)=O)c1nc(C(=O)N[C@@H](Cc2ccccc2)C[C@H](C)C(=O)O)cs1)C(C)C. The maximum absolute atomic E-state index is 14.8. The first-order valence-electron chi connectivity index (χ1n) is 29.9. The molecule has 3 aromatic rings. The van der Waals surface area contributed by atoms with E-state index in [2.05, 4.69) is 31.6 Å². The Kier molecular flexibility index (Phi) is 26.0. The first-order chi connectivity index (χ1) is 40.2. The molecule has 0 radical (unpaired) electrons. The molecule has 2 aliphatic heterocycles. The Morgan fingerprint density at radius 3 is 2.08 bits per heavy atom. The number of anilines is 1. The molecule has 0 saturated carbocycles. The van der Waals surface area contributed by atoms with Crippen molar-refractivity contribution in [2.45, 2.75) is 182 Å². The minimum absolute atomic E-state index is 0.0864. The number of thiazole rings is 1. The van der Waals surface area contributed by atoms with E-state index in [4.69, 9.17) is 4.74 Å². The van der Waals surface area contributed by atoms with Gasteiger partial charge in [-0.05, 0) is 80.9 Å². The summed E-state index contributed by atoms with van der Waals surface area (Å²) in [5, 5.41) is 26.1. The molecule has 0 aliphatic carbocycles. The van der Waals surface area contributed by atoms with Gasteiger partial charge in [0.05, 0.1) is 19.5 Å². The van der Waals surface area contributed by atoms with Gasteiger partial charge in [-0.15, -0.1) is 11.3 Å². The minimum atomic E-state index is -0.973. The van der Waals surface area contributed by atoms with E-state index in [-0.39, 0.29) is 78.8 Å². The summed E-state index contributed by atoms with van der Waals surface area (Å²) in [6, 6.07) is 12.6. The normalized spacial score (nSPS) is 18.7. The maximum atomic E-state index is 14.8. The van der Waals surface area contributed by atoms with Crippen molar-refractivity contribution in [2.75, 3.05) is 32.5 Å². The van der Waals surface area contributed by atoms with Crippen LogP contribution in [0.3, 0.4) is 0 Å². The van der Waals surface area contributed by atoms with Crippen LogP contribution in [0.1, 0.15) is 159 Å². The molecular weight excluding hydrogens is 1110 g/mol. The molecule has 0 bridgehead atoms. The number of esters is 1. The van der Waals surface area contributed by atoms with Crippen molar-refractivity contribution < 1.29 is 62.3 Å². The molecule has 10 atom stereocenters. The Morgan fingerprint density at radius 1 is 0.800 bits per heavy atom. The second kappa shape index (κ2) is 32.3. The van der Waals surface area contributed by atoms with Crippen LogP contribution in [-0.2, 0) is 60.9 Å². The van der Waals surface area contributed by atoms with E-state index in [1.165, 1.54) is 19.1 Å². The predicted molar refractivity (Wildman–Crippen MR) is 323 cm³/mol. The van der Waals surface area contributed by atoms with Gasteiger partial charge in [-0.1, -0.05) is 104 Å². The topological polar surface area (TPSA) is 280 Å². The van der Waals surface area contributed by atoms with Crippen molar-refractivity contribution in [1.82, 2.24) is 36.1 Å². The first-order valence-corrected chi connectivity index (χ1v) is 30.7. The number of aromatic nitrogens is 1. The number of carboxylic acids is 1. The van der Waals surface area contributed by atoms with Gasteiger partial charge in [0, 0.05) is 80.6 Å².